The van der Waals surface area contributed by atoms with Crippen LogP contribution in [0.5, 0.6) is 5.75 Å². The monoisotopic (exact) mass is 314 g/mol. The number of hydrogen-bond acceptors (Lipinski definition) is 5. The van der Waals surface area contributed by atoms with E-state index in [9.17, 15) is 13.5 Å². The molecule has 0 atom stereocenters. The topological polar surface area (TPSA) is 92.9 Å². The van der Waals surface area contributed by atoms with E-state index in [1.54, 1.807) is 12.1 Å². The second-order valence-electron chi connectivity index (χ2n) is 5.62. The number of rotatable bonds is 7. The smallest absolute Gasteiger partial charge is 0.238 e. The number of hydrogen-bond donors (Lipinski definition) is 2. The van der Waals surface area contributed by atoms with Crippen LogP contribution in [0, 0.1) is 5.92 Å². The molecule has 0 aromatic heterocycles. The number of likely N-dealkylation sites (N-methyl/N-ethyl adjacent to an activating group) is 1. The number of ether oxygens (including phenoxy) is 1. The molecule has 1 aliphatic carbocycles. The molecule has 1 aromatic carbocycles. The molecule has 1 saturated carbocycles. The lowest BCUT2D eigenvalue weighted by atomic mass is 9.82. The molecule has 21 heavy (non-hydrogen) atoms. The Balaban J connectivity index is 1.71. The molecule has 0 aliphatic heterocycles. The maximum absolute atomic E-state index is 11.1. The van der Waals surface area contributed by atoms with Gasteiger partial charge < -0.3 is 14.7 Å². The van der Waals surface area contributed by atoms with Gasteiger partial charge in [-0.3, -0.25) is 0 Å². The molecule has 118 valence electrons. The fourth-order valence-electron chi connectivity index (χ4n) is 2.43. The van der Waals surface area contributed by atoms with Gasteiger partial charge in [-0.1, -0.05) is 0 Å². The molecule has 7 heteroatoms. The molecule has 0 unspecified atom stereocenters. The quantitative estimate of drug-likeness (QED) is 0.760. The number of sulfonamides is 1. The molecular formula is C14H22N2O4S. The molecule has 1 fully saturated rings. The average molecular weight is 314 g/mol. The Morgan fingerprint density at radius 3 is 2.48 bits per heavy atom. The zero-order chi connectivity index (χ0) is 15.5. The summed E-state index contributed by atoms with van der Waals surface area (Å²) in [5.41, 5.74) is 0. The Hall–Kier alpha value is -1.15. The largest absolute Gasteiger partial charge is 0.492 e. The standard InChI is InChI=1S/C14H22N2O4S/c1-16(10-11-8-12(17)9-11)6-7-20-13-2-4-14(5-3-13)21(15,18)19/h2-5,11-12,17H,6-10H2,1H3,(H2,15,18,19). The van der Waals surface area contributed by atoms with E-state index in [0.717, 1.165) is 25.9 Å². The lowest BCUT2D eigenvalue weighted by Crippen LogP contribution is -2.38. The van der Waals surface area contributed by atoms with Crippen molar-refractivity contribution in [1.82, 2.24) is 4.90 Å². The lowest BCUT2D eigenvalue weighted by molar-refractivity contribution is 0.0269. The van der Waals surface area contributed by atoms with Crippen molar-refractivity contribution in [3.8, 4) is 5.75 Å². The molecule has 0 amide bonds. The molecule has 2 rings (SSSR count). The molecule has 1 aromatic rings. The van der Waals surface area contributed by atoms with Crippen LogP contribution in [0.25, 0.3) is 0 Å². The van der Waals surface area contributed by atoms with Crippen LogP contribution in [0.2, 0.25) is 0 Å². The van der Waals surface area contributed by atoms with Gasteiger partial charge in [-0.05, 0) is 50.1 Å². The van der Waals surface area contributed by atoms with Crippen LogP contribution in [-0.2, 0) is 10.0 Å². The van der Waals surface area contributed by atoms with Crippen molar-refractivity contribution in [1.29, 1.82) is 0 Å². The molecule has 3 N–H and O–H groups in total. The van der Waals surface area contributed by atoms with Gasteiger partial charge in [0.25, 0.3) is 0 Å². The first-order valence-electron chi connectivity index (χ1n) is 6.97. The van der Waals surface area contributed by atoms with Crippen LogP contribution < -0.4 is 9.88 Å². The van der Waals surface area contributed by atoms with E-state index in [1.807, 2.05) is 7.05 Å². The van der Waals surface area contributed by atoms with Crippen molar-refractivity contribution in [3.05, 3.63) is 24.3 Å². The third-order valence-electron chi connectivity index (χ3n) is 3.67. The number of nitrogens with two attached hydrogens (primary N) is 1. The second kappa shape index (κ2) is 6.74. The summed E-state index contributed by atoms with van der Waals surface area (Å²) in [5.74, 6) is 1.20. The maximum Gasteiger partial charge on any atom is 0.238 e. The molecule has 0 saturated heterocycles. The van der Waals surface area contributed by atoms with Gasteiger partial charge in [0.05, 0.1) is 11.0 Å². The van der Waals surface area contributed by atoms with Gasteiger partial charge in [0, 0.05) is 13.1 Å². The van der Waals surface area contributed by atoms with Crippen LogP contribution >= 0.6 is 0 Å². The Morgan fingerprint density at radius 1 is 1.33 bits per heavy atom. The predicted octanol–water partition coefficient (Wildman–Crippen LogP) is 0.415. The van der Waals surface area contributed by atoms with Crippen LogP contribution in [0.4, 0.5) is 0 Å². The summed E-state index contributed by atoms with van der Waals surface area (Å²) in [6, 6.07) is 6.07. The van der Waals surface area contributed by atoms with E-state index in [0.29, 0.717) is 18.3 Å². The van der Waals surface area contributed by atoms with Crippen molar-refractivity contribution in [3.63, 3.8) is 0 Å². The highest BCUT2D eigenvalue weighted by atomic mass is 32.2. The number of aliphatic hydroxyl groups excluding tert-OH is 1. The van der Waals surface area contributed by atoms with Crippen molar-refractivity contribution < 1.29 is 18.3 Å². The SMILES string of the molecule is CN(CCOc1ccc(S(N)(=O)=O)cc1)CC1CC(O)C1. The summed E-state index contributed by atoms with van der Waals surface area (Å²) >= 11 is 0. The van der Waals surface area contributed by atoms with Gasteiger partial charge in [0.1, 0.15) is 12.4 Å². The van der Waals surface area contributed by atoms with E-state index in [4.69, 9.17) is 9.88 Å². The Bertz CT molecular complexity index is 553. The van der Waals surface area contributed by atoms with Crippen molar-refractivity contribution >= 4 is 10.0 Å². The molecule has 0 heterocycles. The van der Waals surface area contributed by atoms with Gasteiger partial charge in [-0.15, -0.1) is 0 Å². The zero-order valence-corrected chi connectivity index (χ0v) is 12.9. The fourth-order valence-corrected chi connectivity index (χ4v) is 2.94. The fraction of sp³-hybridized carbons (Fsp3) is 0.571. The third-order valence-corrected chi connectivity index (χ3v) is 4.60. The molecule has 1 aliphatic rings. The second-order valence-corrected chi connectivity index (χ2v) is 7.18. The first-order valence-corrected chi connectivity index (χ1v) is 8.51. The first-order chi connectivity index (χ1) is 9.84. The van der Waals surface area contributed by atoms with E-state index >= 15 is 0 Å². The van der Waals surface area contributed by atoms with E-state index in [1.165, 1.54) is 12.1 Å². The lowest BCUT2D eigenvalue weighted by Gasteiger charge is -2.34. The van der Waals surface area contributed by atoms with E-state index < -0.39 is 10.0 Å². The van der Waals surface area contributed by atoms with Crippen molar-refractivity contribution in [2.45, 2.75) is 23.8 Å². The summed E-state index contributed by atoms with van der Waals surface area (Å²) in [5, 5.41) is 14.3. The van der Waals surface area contributed by atoms with Crippen molar-refractivity contribution in [2.75, 3.05) is 26.7 Å². The highest BCUT2D eigenvalue weighted by Gasteiger charge is 2.27. The predicted molar refractivity (Wildman–Crippen MR) is 79.5 cm³/mol. The van der Waals surface area contributed by atoms with Gasteiger partial charge in [-0.25, -0.2) is 13.6 Å². The summed E-state index contributed by atoms with van der Waals surface area (Å²) in [4.78, 5) is 2.26. The van der Waals surface area contributed by atoms with Gasteiger partial charge in [0.2, 0.25) is 10.0 Å². The Morgan fingerprint density at radius 2 is 1.95 bits per heavy atom. The first kappa shape index (κ1) is 16.2. The highest BCUT2D eigenvalue weighted by Crippen LogP contribution is 2.27. The van der Waals surface area contributed by atoms with E-state index in [2.05, 4.69) is 4.90 Å². The van der Waals surface area contributed by atoms with Crippen LogP contribution in [-0.4, -0.2) is 51.3 Å². The van der Waals surface area contributed by atoms with Crippen molar-refractivity contribution in [2.24, 2.45) is 11.1 Å². The Kier molecular flexibility index (Phi) is 5.21. The number of aliphatic hydroxyl groups is 1. The summed E-state index contributed by atoms with van der Waals surface area (Å²) in [6.45, 7) is 2.27. The number of nitrogens with zero attached hydrogens (tertiary/aromatic N) is 1. The molecule has 0 radical (unpaired) electrons. The number of benzene rings is 1. The molecule has 0 bridgehead atoms. The normalized spacial score (nSPS) is 22.1. The van der Waals surface area contributed by atoms with Gasteiger partial charge in [0.15, 0.2) is 0 Å². The molecular weight excluding hydrogens is 292 g/mol. The summed E-state index contributed by atoms with van der Waals surface area (Å²) in [6.07, 6.45) is 1.66. The van der Waals surface area contributed by atoms with Gasteiger partial charge >= 0.3 is 0 Å². The summed E-state index contributed by atoms with van der Waals surface area (Å²) in [7, 11) is -1.63. The minimum Gasteiger partial charge on any atom is -0.492 e. The van der Waals surface area contributed by atoms with Gasteiger partial charge in [-0.2, -0.15) is 0 Å². The Labute approximate surface area is 125 Å². The van der Waals surface area contributed by atoms with Crippen LogP contribution in [0.3, 0.4) is 0 Å². The van der Waals surface area contributed by atoms with E-state index in [-0.39, 0.29) is 11.0 Å². The van der Waals surface area contributed by atoms with Crippen LogP contribution in [0.15, 0.2) is 29.2 Å². The maximum atomic E-state index is 11.1. The minimum atomic E-state index is -3.65. The highest BCUT2D eigenvalue weighted by molar-refractivity contribution is 7.89. The molecule has 0 spiro atoms. The number of primary sulfonamides is 1. The zero-order valence-electron chi connectivity index (χ0n) is 12.1. The third kappa shape index (κ3) is 4.96. The minimum absolute atomic E-state index is 0.0792. The summed E-state index contributed by atoms with van der Waals surface area (Å²) < 4.78 is 27.8. The average Bonchev–Trinajstić information content (AvgIpc) is 2.36. The van der Waals surface area contributed by atoms with Crippen LogP contribution in [0.1, 0.15) is 12.8 Å². The molecule has 6 nitrogen and oxygen atoms in total.